The van der Waals surface area contributed by atoms with Crippen molar-refractivity contribution in [2.24, 2.45) is 7.05 Å². The Morgan fingerprint density at radius 2 is 2.00 bits per heavy atom. The Hall–Kier alpha value is -2.34. The van der Waals surface area contributed by atoms with Crippen LogP contribution in [0.4, 0.5) is 0 Å². The Morgan fingerprint density at radius 1 is 1.26 bits per heavy atom. The lowest BCUT2D eigenvalue weighted by molar-refractivity contribution is 0.0520. The molecule has 0 atom stereocenters. The summed E-state index contributed by atoms with van der Waals surface area (Å²) in [5.74, 6) is 0.294. The van der Waals surface area contributed by atoms with E-state index in [1.807, 2.05) is 54.1 Å². The monoisotopic (exact) mass is 374 g/mol. The van der Waals surface area contributed by atoms with E-state index in [1.54, 1.807) is 6.92 Å². The highest BCUT2D eigenvalue weighted by molar-refractivity contribution is 9.10. The molecule has 2 aromatic heterocycles. The van der Waals surface area contributed by atoms with Crippen LogP contribution in [0, 0.1) is 0 Å². The molecule has 0 bridgehead atoms. The second-order valence-corrected chi connectivity index (χ2v) is 5.70. The van der Waals surface area contributed by atoms with E-state index in [0.29, 0.717) is 11.7 Å². The van der Waals surface area contributed by atoms with Crippen LogP contribution in [-0.4, -0.2) is 22.1 Å². The van der Waals surface area contributed by atoms with Crippen LogP contribution in [0.25, 0.3) is 22.9 Å². The minimum absolute atomic E-state index is 0.180. The molecule has 5 nitrogen and oxygen atoms in total. The summed E-state index contributed by atoms with van der Waals surface area (Å²) in [6.07, 6.45) is 0. The number of hydrogen-bond acceptors (Lipinski definition) is 4. The number of oxazole rings is 1. The molecule has 6 heteroatoms. The molecule has 0 saturated heterocycles. The van der Waals surface area contributed by atoms with Gasteiger partial charge in [0.15, 0.2) is 11.5 Å². The van der Waals surface area contributed by atoms with E-state index >= 15 is 0 Å². The maximum absolute atomic E-state index is 12.2. The number of halogens is 1. The largest absolute Gasteiger partial charge is 0.461 e. The van der Waals surface area contributed by atoms with Crippen molar-refractivity contribution in [2.75, 3.05) is 6.61 Å². The molecule has 23 heavy (non-hydrogen) atoms. The molecule has 118 valence electrons. The molecule has 0 saturated carbocycles. The molecule has 0 spiro atoms. The Labute approximate surface area is 142 Å². The molecule has 0 aliphatic heterocycles. The fourth-order valence-electron chi connectivity index (χ4n) is 2.25. The summed E-state index contributed by atoms with van der Waals surface area (Å²) in [5, 5.41) is 0. The third kappa shape index (κ3) is 2.94. The lowest BCUT2D eigenvalue weighted by atomic mass is 10.2. The number of rotatable bonds is 4. The first-order chi connectivity index (χ1) is 11.1. The van der Waals surface area contributed by atoms with Crippen LogP contribution in [0.15, 0.2) is 51.5 Å². The molecular weight excluding hydrogens is 360 g/mol. The van der Waals surface area contributed by atoms with Crippen molar-refractivity contribution < 1.29 is 13.9 Å². The van der Waals surface area contributed by atoms with Gasteiger partial charge in [-0.05, 0) is 47.1 Å². The predicted octanol–water partition coefficient (Wildman–Crippen LogP) is 4.29. The van der Waals surface area contributed by atoms with Gasteiger partial charge in [0.2, 0.25) is 5.89 Å². The maximum atomic E-state index is 12.2. The lowest BCUT2D eigenvalue weighted by Crippen LogP contribution is -2.07. The van der Waals surface area contributed by atoms with Crippen molar-refractivity contribution in [3.8, 4) is 22.9 Å². The molecule has 0 amide bonds. The molecule has 0 aliphatic carbocycles. The van der Waals surface area contributed by atoms with Crippen molar-refractivity contribution in [1.82, 2.24) is 9.55 Å². The number of hydrogen-bond donors (Lipinski definition) is 0. The fourth-order valence-corrected chi connectivity index (χ4v) is 2.57. The Kier molecular flexibility index (Phi) is 4.34. The Balaban J connectivity index is 2.15. The minimum Gasteiger partial charge on any atom is -0.461 e. The highest BCUT2D eigenvalue weighted by Gasteiger charge is 2.25. The first-order valence-corrected chi connectivity index (χ1v) is 7.96. The Bertz CT molecular complexity index is 837. The summed E-state index contributed by atoms with van der Waals surface area (Å²) < 4.78 is 13.7. The number of carbonyl (C=O) groups excluding carboxylic acids is 1. The van der Waals surface area contributed by atoms with E-state index in [1.165, 1.54) is 0 Å². The molecule has 0 aliphatic rings. The van der Waals surface area contributed by atoms with Crippen LogP contribution in [0.2, 0.25) is 0 Å². The number of esters is 1. The summed E-state index contributed by atoms with van der Waals surface area (Å²) in [7, 11) is 1.87. The second kappa shape index (κ2) is 6.42. The quantitative estimate of drug-likeness (QED) is 0.639. The SMILES string of the molecule is CCOC(=O)c1nc(-c2ccccc2)oc1-c1ccc(Br)n1C. The Morgan fingerprint density at radius 3 is 2.61 bits per heavy atom. The van der Waals surface area contributed by atoms with Gasteiger partial charge in [0.25, 0.3) is 0 Å². The molecule has 2 heterocycles. The summed E-state index contributed by atoms with van der Waals surface area (Å²) in [6.45, 7) is 2.04. The molecule has 0 unspecified atom stereocenters. The van der Waals surface area contributed by atoms with Gasteiger partial charge >= 0.3 is 5.97 Å². The average Bonchev–Trinajstić information content (AvgIpc) is 3.13. The van der Waals surface area contributed by atoms with Crippen LogP contribution in [0.5, 0.6) is 0 Å². The van der Waals surface area contributed by atoms with Gasteiger partial charge in [0.1, 0.15) is 0 Å². The average molecular weight is 375 g/mol. The van der Waals surface area contributed by atoms with Crippen LogP contribution < -0.4 is 0 Å². The number of aromatic nitrogens is 2. The van der Waals surface area contributed by atoms with Gasteiger partial charge in [-0.25, -0.2) is 9.78 Å². The van der Waals surface area contributed by atoms with Gasteiger partial charge in [0.05, 0.1) is 16.9 Å². The first kappa shape index (κ1) is 15.6. The molecular formula is C17H15BrN2O3. The zero-order valence-corrected chi connectivity index (χ0v) is 14.3. The van der Waals surface area contributed by atoms with E-state index in [4.69, 9.17) is 9.15 Å². The van der Waals surface area contributed by atoms with Crippen LogP contribution in [0.3, 0.4) is 0 Å². The lowest BCUT2D eigenvalue weighted by Gasteiger charge is -2.03. The third-order valence-electron chi connectivity index (χ3n) is 3.41. The van der Waals surface area contributed by atoms with Crippen molar-refractivity contribution in [3.63, 3.8) is 0 Å². The highest BCUT2D eigenvalue weighted by Crippen LogP contribution is 2.32. The van der Waals surface area contributed by atoms with Gasteiger partial charge in [-0.2, -0.15) is 0 Å². The molecule has 0 radical (unpaired) electrons. The summed E-state index contributed by atoms with van der Waals surface area (Å²) >= 11 is 3.44. The summed E-state index contributed by atoms with van der Waals surface area (Å²) in [6, 6.07) is 13.2. The van der Waals surface area contributed by atoms with Crippen molar-refractivity contribution in [3.05, 3.63) is 52.8 Å². The van der Waals surface area contributed by atoms with Gasteiger partial charge < -0.3 is 13.7 Å². The molecule has 3 rings (SSSR count). The van der Waals surface area contributed by atoms with E-state index in [9.17, 15) is 4.79 Å². The second-order valence-electron chi connectivity index (χ2n) is 4.88. The van der Waals surface area contributed by atoms with Crippen LogP contribution in [0.1, 0.15) is 17.4 Å². The molecule has 0 fully saturated rings. The van der Waals surface area contributed by atoms with Gasteiger partial charge in [-0.15, -0.1) is 0 Å². The predicted molar refractivity (Wildman–Crippen MR) is 90.0 cm³/mol. The third-order valence-corrected chi connectivity index (χ3v) is 4.21. The zero-order chi connectivity index (χ0) is 16.4. The van der Waals surface area contributed by atoms with Gasteiger partial charge in [-0.3, -0.25) is 0 Å². The minimum atomic E-state index is -0.495. The standard InChI is InChI=1S/C17H15BrN2O3/c1-3-22-17(21)14-15(12-9-10-13(18)20(12)2)23-16(19-14)11-7-5-4-6-8-11/h4-10H,3H2,1-2H3. The van der Waals surface area contributed by atoms with E-state index < -0.39 is 5.97 Å². The van der Waals surface area contributed by atoms with Crippen LogP contribution in [-0.2, 0) is 11.8 Å². The fraction of sp³-hybridized carbons (Fsp3) is 0.176. The number of ether oxygens (including phenoxy) is 1. The van der Waals surface area contributed by atoms with E-state index in [2.05, 4.69) is 20.9 Å². The topological polar surface area (TPSA) is 57.3 Å². The van der Waals surface area contributed by atoms with Crippen molar-refractivity contribution >= 4 is 21.9 Å². The molecule has 3 aromatic rings. The molecule has 0 N–H and O–H groups in total. The molecule has 1 aromatic carbocycles. The summed E-state index contributed by atoms with van der Waals surface area (Å²) in [4.78, 5) is 16.6. The van der Waals surface area contributed by atoms with Gasteiger partial charge in [-0.1, -0.05) is 18.2 Å². The first-order valence-electron chi connectivity index (χ1n) is 7.16. The maximum Gasteiger partial charge on any atom is 0.361 e. The van der Waals surface area contributed by atoms with Crippen molar-refractivity contribution in [1.29, 1.82) is 0 Å². The van der Waals surface area contributed by atoms with E-state index in [-0.39, 0.29) is 12.3 Å². The van der Waals surface area contributed by atoms with Crippen molar-refractivity contribution in [2.45, 2.75) is 6.92 Å². The van der Waals surface area contributed by atoms with E-state index in [0.717, 1.165) is 15.9 Å². The zero-order valence-electron chi connectivity index (χ0n) is 12.7. The summed E-state index contributed by atoms with van der Waals surface area (Å²) in [5.41, 5.74) is 1.73. The number of benzene rings is 1. The van der Waals surface area contributed by atoms with Gasteiger partial charge in [0, 0.05) is 12.6 Å². The normalized spacial score (nSPS) is 10.7. The van der Waals surface area contributed by atoms with Crippen LogP contribution >= 0.6 is 15.9 Å². The number of nitrogens with zero attached hydrogens (tertiary/aromatic N) is 2. The number of carbonyl (C=O) groups is 1. The smallest absolute Gasteiger partial charge is 0.361 e. The highest BCUT2D eigenvalue weighted by atomic mass is 79.9.